The number of benzene rings is 1. The molecule has 0 aliphatic rings. The molecule has 0 radical (unpaired) electrons. The SMILES string of the molecule is Cc1ccc(-c2c(C)ssc2=S)cc1. The van der Waals surface area contributed by atoms with Crippen LogP contribution < -0.4 is 0 Å². The van der Waals surface area contributed by atoms with E-state index >= 15 is 0 Å². The Morgan fingerprint density at radius 3 is 2.14 bits per heavy atom. The average Bonchev–Trinajstić information content (AvgIpc) is 2.49. The smallest absolute Gasteiger partial charge is 0.0833 e. The zero-order valence-corrected chi connectivity index (χ0v) is 10.5. The summed E-state index contributed by atoms with van der Waals surface area (Å²) in [4.78, 5) is 1.32. The first-order valence-corrected chi connectivity index (χ1v) is 6.91. The van der Waals surface area contributed by atoms with Gasteiger partial charge < -0.3 is 0 Å². The summed E-state index contributed by atoms with van der Waals surface area (Å²) < 4.78 is 1.01. The first-order chi connectivity index (χ1) is 6.68. The summed E-state index contributed by atoms with van der Waals surface area (Å²) in [5.74, 6) is 0. The molecule has 0 spiro atoms. The van der Waals surface area contributed by atoms with Gasteiger partial charge in [-0.15, -0.1) is 0 Å². The van der Waals surface area contributed by atoms with Crippen LogP contribution in [0.5, 0.6) is 0 Å². The maximum absolute atomic E-state index is 5.32. The van der Waals surface area contributed by atoms with Gasteiger partial charge in [0.1, 0.15) is 3.82 Å². The minimum Gasteiger partial charge on any atom is -0.0833 e. The molecule has 0 bridgehead atoms. The lowest BCUT2D eigenvalue weighted by Gasteiger charge is -1.99. The Morgan fingerprint density at radius 1 is 1.00 bits per heavy atom. The summed E-state index contributed by atoms with van der Waals surface area (Å²) >= 11 is 5.32. The largest absolute Gasteiger partial charge is 0.109 e. The molecule has 1 heterocycles. The Labute approximate surface area is 96.2 Å². The van der Waals surface area contributed by atoms with Crippen molar-refractivity contribution in [1.29, 1.82) is 0 Å². The molecule has 0 aliphatic heterocycles. The quantitative estimate of drug-likeness (QED) is 0.507. The fraction of sp³-hybridized carbons (Fsp3) is 0.182. The van der Waals surface area contributed by atoms with Crippen molar-refractivity contribution in [2.45, 2.75) is 13.8 Å². The van der Waals surface area contributed by atoms with Crippen LogP contribution in [0.2, 0.25) is 0 Å². The normalized spacial score (nSPS) is 10.4. The van der Waals surface area contributed by atoms with E-state index in [1.165, 1.54) is 21.6 Å². The van der Waals surface area contributed by atoms with E-state index in [4.69, 9.17) is 12.2 Å². The van der Waals surface area contributed by atoms with Gasteiger partial charge in [-0.1, -0.05) is 62.7 Å². The van der Waals surface area contributed by atoms with Crippen molar-refractivity contribution in [3.8, 4) is 11.1 Å². The van der Waals surface area contributed by atoms with Crippen molar-refractivity contribution in [1.82, 2.24) is 0 Å². The number of hydrogen-bond donors (Lipinski definition) is 0. The molecule has 0 unspecified atom stereocenters. The molecule has 72 valence electrons. The van der Waals surface area contributed by atoms with Gasteiger partial charge in [0, 0.05) is 10.4 Å². The third-order valence-electron chi connectivity index (χ3n) is 2.14. The molecule has 0 saturated carbocycles. The lowest BCUT2D eigenvalue weighted by atomic mass is 10.1. The van der Waals surface area contributed by atoms with Crippen LogP contribution >= 0.6 is 32.9 Å². The lowest BCUT2D eigenvalue weighted by Crippen LogP contribution is -1.78. The summed E-state index contributed by atoms with van der Waals surface area (Å²) in [5, 5.41) is 0. The van der Waals surface area contributed by atoms with Crippen molar-refractivity contribution in [3.05, 3.63) is 38.5 Å². The average molecular weight is 238 g/mol. The van der Waals surface area contributed by atoms with Crippen LogP contribution in [0.1, 0.15) is 10.4 Å². The first-order valence-electron chi connectivity index (χ1n) is 4.35. The zero-order chi connectivity index (χ0) is 10.1. The number of hydrogen-bond acceptors (Lipinski definition) is 3. The molecule has 1 aromatic heterocycles. The molecule has 0 fully saturated rings. The summed E-state index contributed by atoms with van der Waals surface area (Å²) in [5.41, 5.74) is 3.78. The van der Waals surface area contributed by atoms with Gasteiger partial charge in [-0.2, -0.15) is 0 Å². The minimum absolute atomic E-state index is 1.01. The molecule has 3 heteroatoms. The summed E-state index contributed by atoms with van der Waals surface area (Å²) in [6, 6.07) is 8.55. The predicted octanol–water partition coefficient (Wildman–Crippen LogP) is 4.82. The van der Waals surface area contributed by atoms with Gasteiger partial charge in [0.2, 0.25) is 0 Å². The Hall–Kier alpha value is -0.510. The third-order valence-corrected chi connectivity index (χ3v) is 5.30. The van der Waals surface area contributed by atoms with Gasteiger partial charge in [-0.3, -0.25) is 0 Å². The van der Waals surface area contributed by atoms with Crippen LogP contribution in [0, 0.1) is 17.7 Å². The highest BCUT2D eigenvalue weighted by atomic mass is 32.9. The second-order valence-electron chi connectivity index (χ2n) is 3.25. The van der Waals surface area contributed by atoms with Gasteiger partial charge in [0.05, 0.1) is 0 Å². The molecular formula is C11H10S3. The topological polar surface area (TPSA) is 0 Å². The van der Waals surface area contributed by atoms with Crippen molar-refractivity contribution in [2.24, 2.45) is 0 Å². The van der Waals surface area contributed by atoms with Gasteiger partial charge in [0.15, 0.2) is 0 Å². The van der Waals surface area contributed by atoms with Gasteiger partial charge in [-0.25, -0.2) is 0 Å². The number of aryl methyl sites for hydroxylation is 2. The lowest BCUT2D eigenvalue weighted by molar-refractivity contribution is 1.46. The standard InChI is InChI=1S/C11H10S3/c1-7-3-5-9(6-4-7)10-8(2)13-14-11(10)12/h3-6H,1-2H3. The Bertz CT molecular complexity index is 488. The zero-order valence-electron chi connectivity index (χ0n) is 8.03. The van der Waals surface area contributed by atoms with E-state index in [1.807, 2.05) is 0 Å². The van der Waals surface area contributed by atoms with E-state index in [2.05, 4.69) is 38.1 Å². The third kappa shape index (κ3) is 1.80. The molecule has 0 amide bonds. The number of rotatable bonds is 1. The Kier molecular flexibility index (Phi) is 2.81. The second-order valence-corrected chi connectivity index (χ2v) is 6.27. The van der Waals surface area contributed by atoms with E-state index < -0.39 is 0 Å². The van der Waals surface area contributed by atoms with Crippen LogP contribution in [-0.4, -0.2) is 0 Å². The predicted molar refractivity (Wildman–Crippen MR) is 67.9 cm³/mol. The monoisotopic (exact) mass is 238 g/mol. The Morgan fingerprint density at radius 2 is 1.64 bits per heavy atom. The molecule has 2 rings (SSSR count). The van der Waals surface area contributed by atoms with E-state index in [0.29, 0.717) is 0 Å². The molecule has 0 atom stereocenters. The van der Waals surface area contributed by atoms with Crippen LogP contribution in [-0.2, 0) is 0 Å². The van der Waals surface area contributed by atoms with Crippen LogP contribution in [0.3, 0.4) is 0 Å². The maximum atomic E-state index is 5.32. The molecule has 0 saturated heterocycles. The molecule has 14 heavy (non-hydrogen) atoms. The van der Waals surface area contributed by atoms with E-state index in [1.54, 1.807) is 20.7 Å². The summed E-state index contributed by atoms with van der Waals surface area (Å²) in [6.45, 7) is 4.23. The fourth-order valence-corrected chi connectivity index (χ4v) is 4.04. The van der Waals surface area contributed by atoms with Crippen molar-refractivity contribution < 1.29 is 0 Å². The van der Waals surface area contributed by atoms with Crippen LogP contribution in [0.4, 0.5) is 0 Å². The van der Waals surface area contributed by atoms with Gasteiger partial charge >= 0.3 is 0 Å². The molecule has 0 N–H and O–H groups in total. The molecule has 1 aromatic carbocycles. The molecule has 0 aliphatic carbocycles. The molecule has 2 aromatic rings. The molecular weight excluding hydrogens is 228 g/mol. The summed E-state index contributed by atoms with van der Waals surface area (Å²) in [6.07, 6.45) is 0. The fourth-order valence-electron chi connectivity index (χ4n) is 1.37. The summed E-state index contributed by atoms with van der Waals surface area (Å²) in [7, 11) is 3.45. The maximum Gasteiger partial charge on any atom is 0.109 e. The van der Waals surface area contributed by atoms with Crippen molar-refractivity contribution in [2.75, 3.05) is 0 Å². The van der Waals surface area contributed by atoms with E-state index in [-0.39, 0.29) is 0 Å². The van der Waals surface area contributed by atoms with Crippen LogP contribution in [0.15, 0.2) is 24.3 Å². The minimum atomic E-state index is 1.01. The van der Waals surface area contributed by atoms with Crippen molar-refractivity contribution in [3.63, 3.8) is 0 Å². The van der Waals surface area contributed by atoms with Crippen LogP contribution in [0.25, 0.3) is 11.1 Å². The molecule has 0 nitrogen and oxygen atoms in total. The first kappa shape index (κ1) is 10.0. The van der Waals surface area contributed by atoms with E-state index in [0.717, 1.165) is 3.82 Å². The highest BCUT2D eigenvalue weighted by molar-refractivity contribution is 7.79. The van der Waals surface area contributed by atoms with E-state index in [9.17, 15) is 0 Å². The van der Waals surface area contributed by atoms with Gasteiger partial charge in [0.25, 0.3) is 0 Å². The highest BCUT2D eigenvalue weighted by Crippen LogP contribution is 2.32. The van der Waals surface area contributed by atoms with Crippen molar-refractivity contribution >= 4 is 32.9 Å². The second kappa shape index (κ2) is 3.93. The Balaban J connectivity index is 2.60. The van der Waals surface area contributed by atoms with Gasteiger partial charge in [-0.05, 0) is 19.4 Å². The highest BCUT2D eigenvalue weighted by Gasteiger charge is 2.06.